The first-order chi connectivity index (χ1) is 12.0. The van der Waals surface area contributed by atoms with E-state index >= 15 is 0 Å². The van der Waals surface area contributed by atoms with E-state index in [9.17, 15) is 9.59 Å². The average Bonchev–Trinajstić information content (AvgIpc) is 2.60. The smallest absolute Gasteiger partial charge is 0.224 e. The molecule has 0 radical (unpaired) electrons. The zero-order valence-electron chi connectivity index (χ0n) is 14.9. The summed E-state index contributed by atoms with van der Waals surface area (Å²) in [6, 6.07) is 15.2. The Morgan fingerprint density at radius 2 is 1.68 bits per heavy atom. The van der Waals surface area contributed by atoms with Gasteiger partial charge in [0.15, 0.2) is 0 Å². The molecule has 0 bridgehead atoms. The lowest BCUT2D eigenvalue weighted by molar-refractivity contribution is -0.121. The summed E-state index contributed by atoms with van der Waals surface area (Å²) in [7, 11) is 1.61. The Hall–Kier alpha value is -2.82. The number of carbonyl (C=O) groups excluding carboxylic acids is 2. The van der Waals surface area contributed by atoms with Gasteiger partial charge in [0.1, 0.15) is 5.75 Å². The standard InChI is InChI=1S/C20H24N2O3/c1-15-4-8-18(9-5-15)22(16(2)23)13-12-21-20(24)14-17-6-10-19(25-3)11-7-17/h4-11H,12-14H2,1-3H3,(H,21,24). The lowest BCUT2D eigenvalue weighted by Gasteiger charge is -2.21. The summed E-state index contributed by atoms with van der Waals surface area (Å²) < 4.78 is 5.10. The van der Waals surface area contributed by atoms with Crippen molar-refractivity contribution in [3.05, 3.63) is 59.7 Å². The minimum atomic E-state index is -0.0717. The number of hydrogen-bond acceptors (Lipinski definition) is 3. The molecule has 0 heterocycles. The molecule has 0 unspecified atom stereocenters. The van der Waals surface area contributed by atoms with Gasteiger partial charge in [-0.1, -0.05) is 29.8 Å². The number of amides is 2. The summed E-state index contributed by atoms with van der Waals surface area (Å²) in [6.07, 6.45) is 0.300. The molecule has 2 amide bonds. The molecule has 0 saturated carbocycles. The van der Waals surface area contributed by atoms with Crippen LogP contribution >= 0.6 is 0 Å². The van der Waals surface area contributed by atoms with Crippen LogP contribution in [-0.2, 0) is 16.0 Å². The second kappa shape index (κ2) is 8.87. The average molecular weight is 340 g/mol. The fourth-order valence-electron chi connectivity index (χ4n) is 2.49. The van der Waals surface area contributed by atoms with E-state index in [1.165, 1.54) is 6.92 Å². The summed E-state index contributed by atoms with van der Waals surface area (Å²) in [5.74, 6) is 0.644. The highest BCUT2D eigenvalue weighted by Crippen LogP contribution is 2.15. The van der Waals surface area contributed by atoms with Gasteiger partial charge in [0.25, 0.3) is 0 Å². The van der Waals surface area contributed by atoms with E-state index in [-0.39, 0.29) is 11.8 Å². The topological polar surface area (TPSA) is 58.6 Å². The van der Waals surface area contributed by atoms with Crippen LogP contribution in [0.25, 0.3) is 0 Å². The third-order valence-corrected chi connectivity index (χ3v) is 3.91. The Morgan fingerprint density at radius 1 is 1.04 bits per heavy atom. The van der Waals surface area contributed by atoms with Crippen LogP contribution in [0.3, 0.4) is 0 Å². The highest BCUT2D eigenvalue weighted by Gasteiger charge is 2.11. The number of anilines is 1. The van der Waals surface area contributed by atoms with Crippen molar-refractivity contribution in [1.82, 2.24) is 5.32 Å². The van der Waals surface area contributed by atoms with Gasteiger partial charge in [-0.3, -0.25) is 9.59 Å². The van der Waals surface area contributed by atoms with E-state index in [1.807, 2.05) is 55.5 Å². The van der Waals surface area contributed by atoms with Crippen molar-refractivity contribution in [2.24, 2.45) is 0 Å². The molecule has 0 saturated heterocycles. The SMILES string of the molecule is COc1ccc(CC(=O)NCCN(C(C)=O)c2ccc(C)cc2)cc1. The van der Waals surface area contributed by atoms with Gasteiger partial charge < -0.3 is 15.0 Å². The maximum Gasteiger partial charge on any atom is 0.224 e. The molecule has 0 aromatic heterocycles. The molecule has 25 heavy (non-hydrogen) atoms. The van der Waals surface area contributed by atoms with Crippen molar-refractivity contribution in [1.29, 1.82) is 0 Å². The van der Waals surface area contributed by atoms with Crippen LogP contribution in [0.5, 0.6) is 5.75 Å². The monoisotopic (exact) mass is 340 g/mol. The van der Waals surface area contributed by atoms with Gasteiger partial charge in [-0.05, 0) is 36.8 Å². The number of rotatable bonds is 7. The Morgan fingerprint density at radius 3 is 2.24 bits per heavy atom. The zero-order valence-corrected chi connectivity index (χ0v) is 14.9. The van der Waals surface area contributed by atoms with Crippen LogP contribution in [-0.4, -0.2) is 32.0 Å². The predicted octanol–water partition coefficient (Wildman–Crippen LogP) is 2.72. The molecular formula is C20H24N2O3. The van der Waals surface area contributed by atoms with Crippen molar-refractivity contribution in [2.45, 2.75) is 20.3 Å². The highest BCUT2D eigenvalue weighted by atomic mass is 16.5. The molecular weight excluding hydrogens is 316 g/mol. The van der Waals surface area contributed by atoms with Gasteiger partial charge in [-0.2, -0.15) is 0 Å². The van der Waals surface area contributed by atoms with Crippen LogP contribution in [0.1, 0.15) is 18.1 Å². The molecule has 5 nitrogen and oxygen atoms in total. The molecule has 2 aromatic rings. The molecule has 0 spiro atoms. The maximum absolute atomic E-state index is 12.1. The first-order valence-electron chi connectivity index (χ1n) is 8.24. The minimum Gasteiger partial charge on any atom is -0.497 e. The van der Waals surface area contributed by atoms with E-state index in [2.05, 4.69) is 5.32 Å². The van der Waals surface area contributed by atoms with Crippen molar-refractivity contribution in [3.8, 4) is 5.75 Å². The summed E-state index contributed by atoms with van der Waals surface area (Å²) in [5, 5.41) is 2.86. The molecule has 132 valence electrons. The van der Waals surface area contributed by atoms with E-state index < -0.39 is 0 Å². The van der Waals surface area contributed by atoms with Crippen LogP contribution < -0.4 is 15.0 Å². The number of ether oxygens (including phenoxy) is 1. The number of carbonyl (C=O) groups is 2. The zero-order chi connectivity index (χ0) is 18.2. The predicted molar refractivity (Wildman–Crippen MR) is 98.9 cm³/mol. The Labute approximate surface area is 148 Å². The van der Waals surface area contributed by atoms with E-state index in [0.717, 1.165) is 22.6 Å². The highest BCUT2D eigenvalue weighted by molar-refractivity contribution is 5.91. The minimum absolute atomic E-state index is 0.0479. The Kier molecular flexibility index (Phi) is 6.57. The van der Waals surface area contributed by atoms with Crippen molar-refractivity contribution in [3.63, 3.8) is 0 Å². The second-order valence-corrected chi connectivity index (χ2v) is 5.88. The molecule has 5 heteroatoms. The molecule has 0 aliphatic rings. The third kappa shape index (κ3) is 5.64. The van der Waals surface area contributed by atoms with Crippen LogP contribution in [0.2, 0.25) is 0 Å². The van der Waals surface area contributed by atoms with Crippen LogP contribution in [0.4, 0.5) is 5.69 Å². The molecule has 0 atom stereocenters. The summed E-state index contributed by atoms with van der Waals surface area (Å²) >= 11 is 0. The van der Waals surface area contributed by atoms with Gasteiger partial charge in [0.2, 0.25) is 11.8 Å². The van der Waals surface area contributed by atoms with E-state index in [0.29, 0.717) is 19.5 Å². The van der Waals surface area contributed by atoms with E-state index in [4.69, 9.17) is 4.74 Å². The number of aryl methyl sites for hydroxylation is 1. The normalized spacial score (nSPS) is 10.2. The van der Waals surface area contributed by atoms with Gasteiger partial charge in [0.05, 0.1) is 13.5 Å². The fraction of sp³-hybridized carbons (Fsp3) is 0.300. The maximum atomic E-state index is 12.1. The van der Waals surface area contributed by atoms with Crippen molar-refractivity contribution < 1.29 is 14.3 Å². The molecule has 0 fully saturated rings. The van der Waals surface area contributed by atoms with Gasteiger partial charge in [0, 0.05) is 25.7 Å². The first-order valence-corrected chi connectivity index (χ1v) is 8.24. The van der Waals surface area contributed by atoms with Gasteiger partial charge in [-0.25, -0.2) is 0 Å². The number of nitrogens with zero attached hydrogens (tertiary/aromatic N) is 1. The summed E-state index contributed by atoms with van der Waals surface area (Å²) in [4.78, 5) is 25.6. The first kappa shape index (κ1) is 18.5. The van der Waals surface area contributed by atoms with Crippen LogP contribution in [0, 0.1) is 6.92 Å². The molecule has 2 rings (SSSR count). The summed E-state index contributed by atoms with van der Waals surface area (Å²) in [6.45, 7) is 4.37. The molecule has 0 aliphatic carbocycles. The number of nitrogens with one attached hydrogen (secondary N) is 1. The lowest BCUT2D eigenvalue weighted by Crippen LogP contribution is -2.38. The Balaban J connectivity index is 1.85. The number of hydrogen-bond donors (Lipinski definition) is 1. The Bertz CT molecular complexity index is 709. The van der Waals surface area contributed by atoms with E-state index in [1.54, 1.807) is 12.0 Å². The summed E-state index contributed by atoms with van der Waals surface area (Å²) in [5.41, 5.74) is 2.89. The van der Waals surface area contributed by atoms with Gasteiger partial charge in [-0.15, -0.1) is 0 Å². The van der Waals surface area contributed by atoms with Crippen molar-refractivity contribution >= 4 is 17.5 Å². The van der Waals surface area contributed by atoms with Gasteiger partial charge >= 0.3 is 0 Å². The third-order valence-electron chi connectivity index (χ3n) is 3.91. The molecule has 2 aromatic carbocycles. The second-order valence-electron chi connectivity index (χ2n) is 5.88. The molecule has 1 N–H and O–H groups in total. The van der Waals surface area contributed by atoms with Crippen LogP contribution in [0.15, 0.2) is 48.5 Å². The fourth-order valence-corrected chi connectivity index (χ4v) is 2.49. The lowest BCUT2D eigenvalue weighted by atomic mass is 10.1. The number of benzene rings is 2. The molecule has 0 aliphatic heterocycles. The van der Waals surface area contributed by atoms with Crippen molar-refractivity contribution in [2.75, 3.05) is 25.1 Å². The quantitative estimate of drug-likeness (QED) is 0.843. The number of methoxy groups -OCH3 is 1. The largest absolute Gasteiger partial charge is 0.497 e.